The lowest BCUT2D eigenvalue weighted by atomic mass is 10.0. The molecule has 0 aliphatic carbocycles. The Kier molecular flexibility index (Phi) is 6.68. The number of carbonyl (C=O) groups is 2. The van der Waals surface area contributed by atoms with Crippen molar-refractivity contribution in [2.24, 2.45) is 0 Å². The Morgan fingerprint density at radius 2 is 1.62 bits per heavy atom. The van der Waals surface area contributed by atoms with Gasteiger partial charge in [-0.05, 0) is 24.1 Å². The van der Waals surface area contributed by atoms with Crippen molar-refractivity contribution in [1.82, 2.24) is 9.80 Å². The Hall–Kier alpha value is -2.48. The topological polar surface area (TPSA) is 88.5 Å². The number of hydrogen-bond donors (Lipinski definition) is 1. The Balaban J connectivity index is 2.38. The highest BCUT2D eigenvalue weighted by Crippen LogP contribution is 2.40. The van der Waals surface area contributed by atoms with Gasteiger partial charge in [0.2, 0.25) is 11.7 Å². The third-order valence-electron chi connectivity index (χ3n) is 4.58. The summed E-state index contributed by atoms with van der Waals surface area (Å²) < 4.78 is 16.0. The van der Waals surface area contributed by atoms with Gasteiger partial charge in [-0.2, -0.15) is 0 Å². The smallest absolute Gasteiger partial charge is 0.325 e. The van der Waals surface area contributed by atoms with Gasteiger partial charge in [-0.1, -0.05) is 0 Å². The second-order valence-corrected chi connectivity index (χ2v) is 6.10. The SMILES string of the molecule is COc1cc([C@H](C(=O)O)N2CCCN(C(C)=O)CC2)cc(OC)c1OC. The Bertz CT molecular complexity index is 638. The maximum atomic E-state index is 12.0. The van der Waals surface area contributed by atoms with Crippen LogP contribution in [0.2, 0.25) is 0 Å². The molecule has 0 radical (unpaired) electrons. The van der Waals surface area contributed by atoms with E-state index < -0.39 is 12.0 Å². The number of carboxylic acid groups (broad SMARTS) is 1. The maximum absolute atomic E-state index is 12.0. The summed E-state index contributed by atoms with van der Waals surface area (Å²) in [5.74, 6) is 0.283. The van der Waals surface area contributed by atoms with Crippen molar-refractivity contribution >= 4 is 11.9 Å². The molecule has 0 spiro atoms. The first-order valence-corrected chi connectivity index (χ1v) is 8.45. The molecule has 0 saturated carbocycles. The van der Waals surface area contributed by atoms with Gasteiger partial charge in [0.25, 0.3) is 0 Å². The second kappa shape index (κ2) is 8.75. The van der Waals surface area contributed by atoms with Crippen molar-refractivity contribution < 1.29 is 28.9 Å². The molecule has 26 heavy (non-hydrogen) atoms. The third-order valence-corrected chi connectivity index (χ3v) is 4.58. The molecule has 1 fully saturated rings. The van der Waals surface area contributed by atoms with E-state index in [4.69, 9.17) is 14.2 Å². The zero-order valence-corrected chi connectivity index (χ0v) is 15.7. The fraction of sp³-hybridized carbons (Fsp3) is 0.556. The van der Waals surface area contributed by atoms with Crippen LogP contribution in [0.15, 0.2) is 12.1 Å². The number of carbonyl (C=O) groups excluding carboxylic acids is 1. The molecule has 1 aliphatic heterocycles. The lowest BCUT2D eigenvalue weighted by molar-refractivity contribution is -0.143. The first-order chi connectivity index (χ1) is 12.4. The second-order valence-electron chi connectivity index (χ2n) is 6.10. The van der Waals surface area contributed by atoms with Crippen LogP contribution in [0.4, 0.5) is 0 Å². The maximum Gasteiger partial charge on any atom is 0.325 e. The molecule has 1 heterocycles. The van der Waals surface area contributed by atoms with Crippen LogP contribution in [0.1, 0.15) is 24.9 Å². The van der Waals surface area contributed by atoms with Crippen LogP contribution < -0.4 is 14.2 Å². The van der Waals surface area contributed by atoms with Crippen LogP contribution in [0.5, 0.6) is 17.2 Å². The van der Waals surface area contributed by atoms with Crippen LogP contribution in [0.25, 0.3) is 0 Å². The van der Waals surface area contributed by atoms with E-state index in [1.807, 2.05) is 4.90 Å². The Labute approximate surface area is 153 Å². The molecule has 1 atom stereocenters. The van der Waals surface area contributed by atoms with Crippen molar-refractivity contribution in [3.8, 4) is 17.2 Å². The fourth-order valence-corrected chi connectivity index (χ4v) is 3.28. The van der Waals surface area contributed by atoms with Crippen molar-refractivity contribution in [2.75, 3.05) is 47.5 Å². The number of methoxy groups -OCH3 is 3. The zero-order valence-electron chi connectivity index (χ0n) is 15.7. The molecular weight excluding hydrogens is 340 g/mol. The van der Waals surface area contributed by atoms with Crippen molar-refractivity contribution in [3.05, 3.63) is 17.7 Å². The summed E-state index contributed by atoms with van der Waals surface area (Å²) in [5.41, 5.74) is 0.545. The number of nitrogens with zero attached hydrogens (tertiary/aromatic N) is 2. The number of aliphatic carboxylic acids is 1. The minimum atomic E-state index is -0.962. The zero-order chi connectivity index (χ0) is 19.3. The van der Waals surface area contributed by atoms with E-state index >= 15 is 0 Å². The predicted octanol–water partition coefficient (Wildman–Crippen LogP) is 1.39. The van der Waals surface area contributed by atoms with Crippen LogP contribution in [0, 0.1) is 0 Å². The van der Waals surface area contributed by atoms with Gasteiger partial charge in [-0.15, -0.1) is 0 Å². The summed E-state index contributed by atoms with van der Waals surface area (Å²) >= 11 is 0. The molecule has 1 aliphatic rings. The molecule has 1 amide bonds. The summed E-state index contributed by atoms with van der Waals surface area (Å²) in [6.07, 6.45) is 0.716. The molecule has 8 nitrogen and oxygen atoms in total. The molecule has 0 unspecified atom stereocenters. The van der Waals surface area contributed by atoms with E-state index in [0.29, 0.717) is 55.4 Å². The standard InChI is InChI=1S/C18H26N2O6/c1-12(21)19-6-5-7-20(9-8-19)16(18(22)23)13-10-14(24-2)17(26-4)15(11-13)25-3/h10-11,16H,5-9H2,1-4H3,(H,22,23)/t16-/m1/s1. The molecule has 2 rings (SSSR count). The quantitative estimate of drug-likeness (QED) is 0.814. The molecular formula is C18H26N2O6. The highest BCUT2D eigenvalue weighted by Gasteiger charge is 2.31. The summed E-state index contributed by atoms with van der Waals surface area (Å²) in [6.45, 7) is 3.73. The van der Waals surface area contributed by atoms with Crippen molar-refractivity contribution in [2.45, 2.75) is 19.4 Å². The van der Waals surface area contributed by atoms with Crippen LogP contribution in [0.3, 0.4) is 0 Å². The van der Waals surface area contributed by atoms with Crippen LogP contribution in [-0.2, 0) is 9.59 Å². The van der Waals surface area contributed by atoms with E-state index in [9.17, 15) is 14.7 Å². The normalized spacial score (nSPS) is 16.5. The molecule has 1 aromatic rings. The number of ether oxygens (including phenoxy) is 3. The minimum absolute atomic E-state index is 0.00603. The molecule has 1 aromatic carbocycles. The van der Waals surface area contributed by atoms with Crippen LogP contribution >= 0.6 is 0 Å². The van der Waals surface area contributed by atoms with E-state index in [-0.39, 0.29) is 5.91 Å². The molecule has 144 valence electrons. The van der Waals surface area contributed by atoms with Gasteiger partial charge in [-0.3, -0.25) is 14.5 Å². The largest absolute Gasteiger partial charge is 0.493 e. The average molecular weight is 366 g/mol. The van der Waals surface area contributed by atoms with E-state index in [1.54, 1.807) is 17.0 Å². The highest BCUT2D eigenvalue weighted by molar-refractivity contribution is 5.77. The molecule has 1 N–H and O–H groups in total. The first kappa shape index (κ1) is 19.8. The van der Waals surface area contributed by atoms with Gasteiger partial charge in [0, 0.05) is 33.1 Å². The van der Waals surface area contributed by atoms with Crippen molar-refractivity contribution in [1.29, 1.82) is 0 Å². The van der Waals surface area contributed by atoms with Crippen LogP contribution in [-0.4, -0.2) is 74.3 Å². The summed E-state index contributed by atoms with van der Waals surface area (Å²) in [4.78, 5) is 27.3. The Morgan fingerprint density at radius 3 is 2.08 bits per heavy atom. The summed E-state index contributed by atoms with van der Waals surface area (Å²) in [6, 6.07) is 2.46. The van der Waals surface area contributed by atoms with Gasteiger partial charge >= 0.3 is 5.97 Å². The number of benzene rings is 1. The number of carboxylic acids is 1. The lowest BCUT2D eigenvalue weighted by Crippen LogP contribution is -2.38. The first-order valence-electron chi connectivity index (χ1n) is 8.45. The number of amides is 1. The van der Waals surface area contributed by atoms with Gasteiger partial charge in [0.05, 0.1) is 21.3 Å². The average Bonchev–Trinajstić information content (AvgIpc) is 2.86. The fourth-order valence-electron chi connectivity index (χ4n) is 3.28. The number of hydrogen-bond acceptors (Lipinski definition) is 6. The van der Waals surface area contributed by atoms with Crippen molar-refractivity contribution in [3.63, 3.8) is 0 Å². The third kappa shape index (κ3) is 4.19. The predicted molar refractivity (Wildman–Crippen MR) is 94.9 cm³/mol. The molecule has 8 heteroatoms. The van der Waals surface area contributed by atoms with E-state index in [2.05, 4.69) is 0 Å². The van der Waals surface area contributed by atoms with Gasteiger partial charge in [0.1, 0.15) is 6.04 Å². The molecule has 0 aromatic heterocycles. The molecule has 1 saturated heterocycles. The van der Waals surface area contributed by atoms with E-state index in [0.717, 1.165) is 0 Å². The van der Waals surface area contributed by atoms with E-state index in [1.165, 1.54) is 28.3 Å². The molecule has 0 bridgehead atoms. The van der Waals surface area contributed by atoms with Gasteiger partial charge < -0.3 is 24.2 Å². The number of rotatable bonds is 6. The van der Waals surface area contributed by atoms with Gasteiger partial charge in [0.15, 0.2) is 11.5 Å². The lowest BCUT2D eigenvalue weighted by Gasteiger charge is -2.28. The minimum Gasteiger partial charge on any atom is -0.493 e. The summed E-state index contributed by atoms with van der Waals surface area (Å²) in [7, 11) is 4.49. The summed E-state index contributed by atoms with van der Waals surface area (Å²) in [5, 5.41) is 9.86. The van der Waals surface area contributed by atoms with Gasteiger partial charge in [-0.25, -0.2) is 0 Å². The Morgan fingerprint density at radius 1 is 1.00 bits per heavy atom. The monoisotopic (exact) mass is 366 g/mol. The highest BCUT2D eigenvalue weighted by atomic mass is 16.5.